The Labute approximate surface area is 188 Å². The first-order valence-electron chi connectivity index (χ1n) is 10.7. The van der Waals surface area contributed by atoms with Crippen molar-refractivity contribution in [1.29, 1.82) is 0 Å². The first kappa shape index (κ1) is 23.6. The number of nitrogens with one attached hydrogen (secondary N) is 1. The average Bonchev–Trinajstić information content (AvgIpc) is 2.77. The molecule has 0 bridgehead atoms. The summed E-state index contributed by atoms with van der Waals surface area (Å²) in [7, 11) is 0. The highest BCUT2D eigenvalue weighted by molar-refractivity contribution is 5.94. The summed E-state index contributed by atoms with van der Waals surface area (Å²) in [5, 5.41) is 12.5. The molecule has 3 rings (SSSR count). The summed E-state index contributed by atoms with van der Waals surface area (Å²) in [5.41, 5.74) is 0.814. The number of nitrogens with zero attached hydrogens (tertiary/aromatic N) is 4. The third kappa shape index (κ3) is 7.00. The Hall–Kier alpha value is -3.04. The number of amides is 1. The molecular weight excluding hydrogens is 410 g/mol. The van der Waals surface area contributed by atoms with Crippen molar-refractivity contribution in [3.63, 3.8) is 0 Å². The molecular formula is C23H31N5O4. The second-order valence-corrected chi connectivity index (χ2v) is 8.73. The van der Waals surface area contributed by atoms with Crippen LogP contribution in [0.25, 0.3) is 0 Å². The van der Waals surface area contributed by atoms with E-state index < -0.39 is 17.7 Å². The summed E-state index contributed by atoms with van der Waals surface area (Å²) in [5.74, 6) is -0.286. The van der Waals surface area contributed by atoms with Crippen LogP contribution in [0.3, 0.4) is 0 Å². The lowest BCUT2D eigenvalue weighted by molar-refractivity contribution is -0.164. The number of rotatable bonds is 7. The van der Waals surface area contributed by atoms with Gasteiger partial charge in [-0.1, -0.05) is 0 Å². The van der Waals surface area contributed by atoms with Crippen molar-refractivity contribution in [2.75, 3.05) is 37.6 Å². The Kier molecular flexibility index (Phi) is 7.76. The lowest BCUT2D eigenvalue weighted by Crippen LogP contribution is -2.46. The number of carbonyl (C=O) groups excluding carboxylic acids is 2. The van der Waals surface area contributed by atoms with Gasteiger partial charge in [0, 0.05) is 49.8 Å². The highest BCUT2D eigenvalue weighted by Gasteiger charge is 2.24. The molecule has 0 radical (unpaired) electrons. The minimum atomic E-state index is -1.41. The van der Waals surface area contributed by atoms with Crippen molar-refractivity contribution in [2.24, 2.45) is 0 Å². The molecule has 1 atom stereocenters. The minimum Gasteiger partial charge on any atom is -0.458 e. The van der Waals surface area contributed by atoms with Gasteiger partial charge in [-0.15, -0.1) is 0 Å². The number of esters is 1. The van der Waals surface area contributed by atoms with E-state index in [1.807, 2.05) is 18.2 Å². The summed E-state index contributed by atoms with van der Waals surface area (Å²) in [6.45, 7) is 9.25. The maximum atomic E-state index is 12.4. The van der Waals surface area contributed by atoms with Gasteiger partial charge in [-0.3, -0.25) is 9.69 Å². The van der Waals surface area contributed by atoms with Gasteiger partial charge in [0.25, 0.3) is 5.91 Å². The zero-order chi connectivity index (χ0) is 23.1. The molecule has 1 aromatic heterocycles. The van der Waals surface area contributed by atoms with E-state index in [0.29, 0.717) is 5.56 Å². The Morgan fingerprint density at radius 2 is 1.72 bits per heavy atom. The van der Waals surface area contributed by atoms with Crippen LogP contribution in [0.4, 0.5) is 5.69 Å². The van der Waals surface area contributed by atoms with Crippen molar-refractivity contribution < 1.29 is 19.4 Å². The summed E-state index contributed by atoms with van der Waals surface area (Å²) in [6.07, 6.45) is 2.11. The number of aromatic nitrogens is 2. The molecule has 1 amide bonds. The largest absolute Gasteiger partial charge is 0.458 e. The molecule has 1 unspecified atom stereocenters. The van der Waals surface area contributed by atoms with Gasteiger partial charge in [0.2, 0.25) is 0 Å². The van der Waals surface area contributed by atoms with E-state index >= 15 is 0 Å². The van der Waals surface area contributed by atoms with E-state index in [4.69, 9.17) is 4.74 Å². The Bertz CT molecular complexity index is 891. The number of ether oxygens (including phenoxy) is 1. The molecule has 172 valence electrons. The predicted molar refractivity (Wildman–Crippen MR) is 120 cm³/mol. The smallest absolute Gasteiger partial charge is 0.337 e. The molecule has 9 nitrogen and oxygen atoms in total. The van der Waals surface area contributed by atoms with Crippen molar-refractivity contribution in [3.05, 3.63) is 54.1 Å². The highest BCUT2D eigenvalue weighted by Crippen LogP contribution is 2.18. The van der Waals surface area contributed by atoms with Gasteiger partial charge in [0.05, 0.1) is 13.1 Å². The summed E-state index contributed by atoms with van der Waals surface area (Å²) >= 11 is 0. The molecule has 2 heterocycles. The van der Waals surface area contributed by atoms with Crippen LogP contribution < -0.4 is 10.2 Å². The molecule has 0 aliphatic carbocycles. The number of piperazine rings is 1. The van der Waals surface area contributed by atoms with Crippen LogP contribution in [0.2, 0.25) is 0 Å². The van der Waals surface area contributed by atoms with Gasteiger partial charge in [-0.25, -0.2) is 14.8 Å². The lowest BCUT2D eigenvalue weighted by Gasteiger charge is -2.35. The molecule has 1 aliphatic heterocycles. The van der Waals surface area contributed by atoms with Gasteiger partial charge in [-0.2, -0.15) is 0 Å². The fraction of sp³-hybridized carbons (Fsp3) is 0.478. The Balaban J connectivity index is 1.45. The molecule has 1 fully saturated rings. The van der Waals surface area contributed by atoms with Crippen molar-refractivity contribution >= 4 is 17.6 Å². The van der Waals surface area contributed by atoms with Crippen LogP contribution in [0, 0.1) is 0 Å². The number of aliphatic hydroxyl groups excluding tert-OH is 1. The number of hydrogen-bond donors (Lipinski definition) is 2. The highest BCUT2D eigenvalue weighted by atomic mass is 16.6. The molecule has 1 aliphatic rings. The summed E-state index contributed by atoms with van der Waals surface area (Å²) in [6, 6.07) is 9.13. The van der Waals surface area contributed by atoms with Crippen LogP contribution in [0.5, 0.6) is 0 Å². The number of anilines is 1. The summed E-state index contributed by atoms with van der Waals surface area (Å²) in [4.78, 5) is 37.3. The van der Waals surface area contributed by atoms with Crippen molar-refractivity contribution in [1.82, 2.24) is 20.2 Å². The van der Waals surface area contributed by atoms with Gasteiger partial charge in [0.1, 0.15) is 11.4 Å². The topological polar surface area (TPSA) is 108 Å². The maximum absolute atomic E-state index is 12.4. The van der Waals surface area contributed by atoms with Crippen molar-refractivity contribution in [2.45, 2.75) is 39.0 Å². The van der Waals surface area contributed by atoms with E-state index in [9.17, 15) is 14.7 Å². The van der Waals surface area contributed by atoms with E-state index in [2.05, 4.69) is 25.1 Å². The van der Waals surface area contributed by atoms with Crippen LogP contribution >= 0.6 is 0 Å². The SMILES string of the molecule is CC(C)(C)OC(=O)C(O)CNC(=O)c1ccc(N2CCN(Cc3ncccn3)CC2)cc1. The Morgan fingerprint density at radius 3 is 2.31 bits per heavy atom. The zero-order valence-corrected chi connectivity index (χ0v) is 18.8. The van der Waals surface area contributed by atoms with Crippen LogP contribution in [0.1, 0.15) is 37.0 Å². The van der Waals surface area contributed by atoms with Gasteiger partial charge in [-0.05, 0) is 51.1 Å². The molecule has 1 aromatic carbocycles. The molecule has 0 saturated carbocycles. The molecule has 0 spiro atoms. The fourth-order valence-corrected chi connectivity index (χ4v) is 3.34. The average molecular weight is 442 g/mol. The van der Waals surface area contributed by atoms with Gasteiger partial charge < -0.3 is 20.1 Å². The third-order valence-corrected chi connectivity index (χ3v) is 4.99. The van der Waals surface area contributed by atoms with Crippen LogP contribution in [-0.4, -0.2) is 76.3 Å². The Morgan fingerprint density at radius 1 is 1.09 bits per heavy atom. The molecule has 9 heteroatoms. The minimum absolute atomic E-state index is 0.206. The molecule has 32 heavy (non-hydrogen) atoms. The molecule has 2 aromatic rings. The predicted octanol–water partition coefficient (Wildman–Crippen LogP) is 1.23. The number of aliphatic hydroxyl groups is 1. The van der Waals surface area contributed by atoms with Gasteiger partial charge in [0.15, 0.2) is 6.10 Å². The normalized spacial score (nSPS) is 15.8. The number of benzene rings is 1. The van der Waals surface area contributed by atoms with Crippen molar-refractivity contribution in [3.8, 4) is 0 Å². The second-order valence-electron chi connectivity index (χ2n) is 8.73. The zero-order valence-electron chi connectivity index (χ0n) is 18.8. The monoisotopic (exact) mass is 441 g/mol. The third-order valence-electron chi connectivity index (χ3n) is 4.99. The van der Waals surface area contributed by atoms with Crippen LogP contribution in [-0.2, 0) is 16.1 Å². The first-order chi connectivity index (χ1) is 15.2. The fourth-order valence-electron chi connectivity index (χ4n) is 3.34. The second kappa shape index (κ2) is 10.5. The standard InChI is InChI=1S/C23H31N5O4/c1-23(2,3)32-22(31)19(29)15-26-21(30)17-5-7-18(8-6-17)28-13-11-27(12-14-28)16-20-24-9-4-10-25-20/h4-10,19,29H,11-16H2,1-3H3,(H,26,30). The van der Waals surface area contributed by atoms with Gasteiger partial charge >= 0.3 is 5.97 Å². The first-order valence-corrected chi connectivity index (χ1v) is 10.7. The van der Waals surface area contributed by atoms with E-state index in [1.165, 1.54) is 0 Å². The van der Waals surface area contributed by atoms with E-state index in [0.717, 1.165) is 44.2 Å². The van der Waals surface area contributed by atoms with E-state index in [1.54, 1.807) is 45.3 Å². The summed E-state index contributed by atoms with van der Waals surface area (Å²) < 4.78 is 5.11. The van der Waals surface area contributed by atoms with Crippen LogP contribution in [0.15, 0.2) is 42.7 Å². The quantitative estimate of drug-likeness (QED) is 0.618. The lowest BCUT2D eigenvalue weighted by atomic mass is 10.1. The number of carbonyl (C=O) groups is 2. The molecule has 2 N–H and O–H groups in total. The molecule has 1 saturated heterocycles. The number of hydrogen-bond acceptors (Lipinski definition) is 8. The van der Waals surface area contributed by atoms with E-state index in [-0.39, 0.29) is 12.5 Å². The maximum Gasteiger partial charge on any atom is 0.337 e.